The average molecular weight is 382 g/mol. The third-order valence-corrected chi connectivity index (χ3v) is 5.05. The smallest absolute Gasteiger partial charge is 0.233 e. The molecule has 0 aliphatic carbocycles. The van der Waals surface area contributed by atoms with E-state index in [-0.39, 0.29) is 80.0 Å². The van der Waals surface area contributed by atoms with Crippen molar-refractivity contribution in [3.05, 3.63) is 0 Å². The summed E-state index contributed by atoms with van der Waals surface area (Å²) in [6, 6.07) is 0. The van der Waals surface area contributed by atoms with Crippen molar-refractivity contribution in [2.75, 3.05) is 39.5 Å². The molecule has 2 aliphatic heterocycles. The molecule has 0 aromatic carbocycles. The van der Waals surface area contributed by atoms with Gasteiger partial charge in [0, 0.05) is 18.8 Å². The second-order valence-electron chi connectivity index (χ2n) is 8.22. The molecular formula is C19H30N2O6. The highest BCUT2D eigenvalue weighted by atomic mass is 16.5. The molecular weight excluding hydrogens is 352 g/mol. The van der Waals surface area contributed by atoms with Crippen molar-refractivity contribution < 1.29 is 28.7 Å². The molecule has 4 amide bonds. The fourth-order valence-corrected chi connectivity index (χ4v) is 3.31. The SMILES string of the molecule is C[C@@H]1CC(=O)N(CCOCCOCCN2C(=O)CC(C(C)(C)C)C2=O)C1=O. The van der Waals surface area contributed by atoms with Gasteiger partial charge in [-0.25, -0.2) is 0 Å². The van der Waals surface area contributed by atoms with Crippen LogP contribution in [0.15, 0.2) is 0 Å². The first kappa shape index (κ1) is 21.5. The molecule has 27 heavy (non-hydrogen) atoms. The number of hydrogen-bond donors (Lipinski definition) is 0. The van der Waals surface area contributed by atoms with Crippen molar-refractivity contribution in [3.63, 3.8) is 0 Å². The number of hydrogen-bond acceptors (Lipinski definition) is 6. The van der Waals surface area contributed by atoms with Crippen molar-refractivity contribution in [1.29, 1.82) is 0 Å². The first-order valence-electron chi connectivity index (χ1n) is 9.47. The number of rotatable bonds is 9. The van der Waals surface area contributed by atoms with Gasteiger partial charge in [-0.15, -0.1) is 0 Å². The first-order chi connectivity index (χ1) is 12.6. The van der Waals surface area contributed by atoms with Crippen LogP contribution in [0.4, 0.5) is 0 Å². The molecule has 8 heteroatoms. The van der Waals surface area contributed by atoms with Crippen LogP contribution >= 0.6 is 0 Å². The zero-order valence-electron chi connectivity index (χ0n) is 16.7. The van der Waals surface area contributed by atoms with Crippen LogP contribution in [0.3, 0.4) is 0 Å². The number of ether oxygens (including phenoxy) is 2. The van der Waals surface area contributed by atoms with E-state index in [2.05, 4.69) is 0 Å². The Hall–Kier alpha value is -1.80. The highest BCUT2D eigenvalue weighted by Gasteiger charge is 2.44. The monoisotopic (exact) mass is 382 g/mol. The van der Waals surface area contributed by atoms with E-state index in [4.69, 9.17) is 9.47 Å². The van der Waals surface area contributed by atoms with Gasteiger partial charge in [0.1, 0.15) is 0 Å². The number of amides is 4. The Labute approximate surface area is 160 Å². The third-order valence-electron chi connectivity index (χ3n) is 5.05. The van der Waals surface area contributed by atoms with E-state index >= 15 is 0 Å². The lowest BCUT2D eigenvalue weighted by Crippen LogP contribution is -2.36. The topological polar surface area (TPSA) is 93.2 Å². The number of carbonyl (C=O) groups excluding carboxylic acids is 4. The molecule has 8 nitrogen and oxygen atoms in total. The maximum atomic E-state index is 12.3. The second kappa shape index (κ2) is 8.93. The number of nitrogens with zero attached hydrogens (tertiary/aromatic N) is 2. The van der Waals surface area contributed by atoms with Gasteiger partial charge in [0.25, 0.3) is 0 Å². The average Bonchev–Trinajstić information content (AvgIpc) is 2.99. The fourth-order valence-electron chi connectivity index (χ4n) is 3.31. The predicted octanol–water partition coefficient (Wildman–Crippen LogP) is 0.836. The summed E-state index contributed by atoms with van der Waals surface area (Å²) in [5, 5.41) is 0. The normalized spacial score (nSPS) is 23.9. The molecule has 2 fully saturated rings. The number of likely N-dealkylation sites (tertiary alicyclic amines) is 2. The van der Waals surface area contributed by atoms with Crippen LogP contribution in [0.1, 0.15) is 40.5 Å². The van der Waals surface area contributed by atoms with Crippen molar-refractivity contribution in [2.24, 2.45) is 17.3 Å². The Bertz CT molecular complexity index is 597. The van der Waals surface area contributed by atoms with E-state index in [0.29, 0.717) is 13.2 Å². The summed E-state index contributed by atoms with van der Waals surface area (Å²) < 4.78 is 10.8. The minimum atomic E-state index is -0.271. The first-order valence-corrected chi connectivity index (χ1v) is 9.47. The maximum absolute atomic E-state index is 12.3. The summed E-state index contributed by atoms with van der Waals surface area (Å²) in [6.07, 6.45) is 0.532. The Morgan fingerprint density at radius 3 is 1.70 bits per heavy atom. The highest BCUT2D eigenvalue weighted by Crippen LogP contribution is 2.35. The van der Waals surface area contributed by atoms with Crippen LogP contribution in [0.2, 0.25) is 0 Å². The van der Waals surface area contributed by atoms with Crippen LogP contribution in [-0.4, -0.2) is 72.9 Å². The lowest BCUT2D eigenvalue weighted by Gasteiger charge is -2.24. The molecule has 1 unspecified atom stereocenters. The summed E-state index contributed by atoms with van der Waals surface area (Å²) in [6.45, 7) is 9.30. The van der Waals surface area contributed by atoms with Gasteiger partial charge in [0.05, 0.1) is 45.4 Å². The molecule has 0 spiro atoms. The highest BCUT2D eigenvalue weighted by molar-refractivity contribution is 6.04. The second-order valence-corrected chi connectivity index (χ2v) is 8.22. The Kier molecular flexibility index (Phi) is 7.11. The van der Waals surface area contributed by atoms with Gasteiger partial charge in [0.2, 0.25) is 23.6 Å². The van der Waals surface area contributed by atoms with Crippen LogP contribution < -0.4 is 0 Å². The fraction of sp³-hybridized carbons (Fsp3) is 0.789. The molecule has 2 saturated heterocycles. The molecule has 2 heterocycles. The lowest BCUT2D eigenvalue weighted by molar-refractivity contribution is -0.142. The van der Waals surface area contributed by atoms with Crippen molar-refractivity contribution in [2.45, 2.75) is 40.5 Å². The van der Waals surface area contributed by atoms with Gasteiger partial charge in [-0.05, 0) is 5.41 Å². The van der Waals surface area contributed by atoms with E-state index in [0.717, 1.165) is 0 Å². The molecule has 2 atom stereocenters. The summed E-state index contributed by atoms with van der Waals surface area (Å²) in [5.41, 5.74) is -0.230. The predicted molar refractivity (Wildman–Crippen MR) is 96.4 cm³/mol. The van der Waals surface area contributed by atoms with Gasteiger partial charge in [-0.2, -0.15) is 0 Å². The van der Waals surface area contributed by atoms with Crippen LogP contribution in [0.5, 0.6) is 0 Å². The molecule has 0 aromatic heterocycles. The molecule has 0 N–H and O–H groups in total. The summed E-state index contributed by atoms with van der Waals surface area (Å²) in [7, 11) is 0. The largest absolute Gasteiger partial charge is 0.377 e. The molecule has 2 rings (SSSR count). The zero-order chi connectivity index (χ0) is 20.2. The van der Waals surface area contributed by atoms with E-state index in [1.54, 1.807) is 6.92 Å². The Morgan fingerprint density at radius 1 is 0.815 bits per heavy atom. The minimum Gasteiger partial charge on any atom is -0.377 e. The zero-order valence-corrected chi connectivity index (χ0v) is 16.7. The van der Waals surface area contributed by atoms with Crippen LogP contribution in [-0.2, 0) is 28.7 Å². The molecule has 0 saturated carbocycles. The number of carbonyl (C=O) groups is 4. The molecule has 0 radical (unpaired) electrons. The van der Waals surface area contributed by atoms with Crippen molar-refractivity contribution in [1.82, 2.24) is 9.80 Å². The lowest BCUT2D eigenvalue weighted by atomic mass is 9.80. The molecule has 2 aliphatic rings. The summed E-state index contributed by atoms with van der Waals surface area (Å²) in [5.74, 6) is -1.08. The van der Waals surface area contributed by atoms with Gasteiger partial charge in [0.15, 0.2) is 0 Å². The summed E-state index contributed by atoms with van der Waals surface area (Å²) >= 11 is 0. The minimum absolute atomic E-state index is 0.124. The van der Waals surface area contributed by atoms with E-state index in [1.165, 1.54) is 9.80 Å². The van der Waals surface area contributed by atoms with E-state index in [1.807, 2.05) is 20.8 Å². The quantitative estimate of drug-likeness (QED) is 0.433. The number of imide groups is 2. The van der Waals surface area contributed by atoms with Crippen LogP contribution in [0.25, 0.3) is 0 Å². The van der Waals surface area contributed by atoms with Crippen LogP contribution in [0, 0.1) is 17.3 Å². The van der Waals surface area contributed by atoms with E-state index < -0.39 is 0 Å². The molecule has 0 bridgehead atoms. The Balaban J connectivity index is 1.56. The molecule has 0 aromatic rings. The van der Waals surface area contributed by atoms with Gasteiger partial charge in [-0.3, -0.25) is 29.0 Å². The maximum Gasteiger partial charge on any atom is 0.233 e. The van der Waals surface area contributed by atoms with Crippen molar-refractivity contribution in [3.8, 4) is 0 Å². The van der Waals surface area contributed by atoms with E-state index in [9.17, 15) is 19.2 Å². The third kappa shape index (κ3) is 5.35. The standard InChI is InChI=1S/C19H30N2O6/c1-13-11-15(22)20(17(13)24)5-7-26-9-10-27-8-6-21-16(23)12-14(18(21)25)19(2,3)4/h13-14H,5-12H2,1-4H3/t13-,14?/m1/s1. The van der Waals surface area contributed by atoms with Gasteiger partial charge in [-0.1, -0.05) is 27.7 Å². The molecule has 152 valence electrons. The van der Waals surface area contributed by atoms with Gasteiger partial charge < -0.3 is 9.47 Å². The Morgan fingerprint density at radius 2 is 1.30 bits per heavy atom. The van der Waals surface area contributed by atoms with Gasteiger partial charge >= 0.3 is 0 Å². The summed E-state index contributed by atoms with van der Waals surface area (Å²) in [4.78, 5) is 50.2. The van der Waals surface area contributed by atoms with Crippen molar-refractivity contribution >= 4 is 23.6 Å².